The molecule has 0 saturated carbocycles. The van der Waals surface area contributed by atoms with E-state index < -0.39 is 22.0 Å². The zero-order valence-corrected chi connectivity index (χ0v) is 27.2. The van der Waals surface area contributed by atoms with Crippen LogP contribution in [0.15, 0.2) is 47.4 Å². The molecule has 3 aromatic carbocycles. The Morgan fingerprint density at radius 1 is 1.07 bits per heavy atom. The lowest BCUT2D eigenvalue weighted by Gasteiger charge is -2.24. The van der Waals surface area contributed by atoms with Gasteiger partial charge in [0.25, 0.3) is 21.8 Å². The maximum Gasteiger partial charge on any atom is 0.265 e. The van der Waals surface area contributed by atoms with Crippen LogP contribution < -0.4 is 19.5 Å². The van der Waals surface area contributed by atoms with E-state index in [-0.39, 0.29) is 22.1 Å². The van der Waals surface area contributed by atoms with Crippen LogP contribution in [0.1, 0.15) is 58.6 Å². The average Bonchev–Trinajstić information content (AvgIpc) is 3.23. The summed E-state index contributed by atoms with van der Waals surface area (Å²) in [6.07, 6.45) is 0.749. The third kappa shape index (κ3) is 6.01. The number of carbonyl (C=O) groups excluding carboxylic acids is 2. The van der Waals surface area contributed by atoms with Crippen molar-refractivity contribution in [2.75, 3.05) is 11.9 Å². The van der Waals surface area contributed by atoms with E-state index in [4.69, 9.17) is 21.1 Å². The molecular weight excluding hydrogens is 602 g/mol. The summed E-state index contributed by atoms with van der Waals surface area (Å²) in [7, 11) is -4.24. The summed E-state index contributed by atoms with van der Waals surface area (Å²) in [6, 6.07) is 12.0. The summed E-state index contributed by atoms with van der Waals surface area (Å²) < 4.78 is 42.6. The molecule has 44 heavy (non-hydrogen) atoms. The summed E-state index contributed by atoms with van der Waals surface area (Å²) in [6.45, 7) is 12.4. The molecule has 1 aliphatic rings. The Bertz CT molecular complexity index is 1890. The molecule has 4 aromatic rings. The minimum atomic E-state index is -4.24. The molecule has 1 aliphatic heterocycles. The second-order valence-electron chi connectivity index (χ2n) is 11.2. The Kier molecular flexibility index (Phi) is 8.68. The van der Waals surface area contributed by atoms with Crippen molar-refractivity contribution >= 4 is 50.0 Å². The average molecular weight is 638 g/mol. The highest BCUT2D eigenvalue weighted by Gasteiger charge is 2.28. The van der Waals surface area contributed by atoms with E-state index in [1.54, 1.807) is 26.0 Å². The van der Waals surface area contributed by atoms with E-state index in [2.05, 4.69) is 28.5 Å². The molecule has 0 spiro atoms. The summed E-state index contributed by atoms with van der Waals surface area (Å²) >= 11 is 6.28. The predicted octanol–water partition coefficient (Wildman–Crippen LogP) is 6.40. The Balaban J connectivity index is 1.33. The number of carbonyl (C=O) groups is 2. The van der Waals surface area contributed by atoms with Gasteiger partial charge in [0, 0.05) is 39.8 Å². The maximum atomic E-state index is 13.3. The normalized spacial score (nSPS) is 14.6. The van der Waals surface area contributed by atoms with E-state index in [1.807, 2.05) is 32.0 Å². The molecular formula is C33H36ClN3O6S. The zero-order chi connectivity index (χ0) is 31.9. The molecule has 0 radical (unpaired) electrons. The van der Waals surface area contributed by atoms with Crippen molar-refractivity contribution in [1.82, 2.24) is 9.29 Å². The lowest BCUT2D eigenvalue weighted by molar-refractivity contribution is -0.122. The van der Waals surface area contributed by atoms with Gasteiger partial charge in [-0.2, -0.15) is 0 Å². The largest absolute Gasteiger partial charge is 0.494 e. The second kappa shape index (κ2) is 12.2. The number of aryl methyl sites for hydroxylation is 5. The molecule has 5 rings (SSSR count). The monoisotopic (exact) mass is 637 g/mol. The minimum absolute atomic E-state index is 0.101. The Hall–Kier alpha value is -4.02. The van der Waals surface area contributed by atoms with Crippen molar-refractivity contribution in [1.29, 1.82) is 0 Å². The van der Waals surface area contributed by atoms with E-state index in [0.717, 1.165) is 56.9 Å². The first-order valence-corrected chi connectivity index (χ1v) is 16.4. The van der Waals surface area contributed by atoms with E-state index in [1.165, 1.54) is 12.1 Å². The molecule has 0 aliphatic carbocycles. The second-order valence-corrected chi connectivity index (χ2v) is 13.2. The van der Waals surface area contributed by atoms with Gasteiger partial charge in [0.2, 0.25) is 0 Å². The lowest BCUT2D eigenvalue weighted by atomic mass is 10.1. The zero-order valence-electron chi connectivity index (χ0n) is 25.6. The molecule has 1 aromatic heterocycles. The number of anilines is 1. The van der Waals surface area contributed by atoms with Gasteiger partial charge in [-0.1, -0.05) is 18.5 Å². The molecule has 0 fully saturated rings. The third-order valence-corrected chi connectivity index (χ3v) is 10.1. The van der Waals surface area contributed by atoms with Crippen molar-refractivity contribution in [3.63, 3.8) is 0 Å². The van der Waals surface area contributed by atoms with Crippen LogP contribution >= 0.6 is 11.6 Å². The highest BCUT2D eigenvalue weighted by atomic mass is 35.5. The van der Waals surface area contributed by atoms with Gasteiger partial charge < -0.3 is 19.4 Å². The van der Waals surface area contributed by atoms with Crippen molar-refractivity contribution in [3.05, 3.63) is 81.0 Å². The first-order chi connectivity index (χ1) is 20.8. The number of rotatable bonds is 9. The molecule has 0 unspecified atom stereocenters. The molecule has 0 bridgehead atoms. The van der Waals surface area contributed by atoms with Crippen LogP contribution in [0.5, 0.6) is 11.5 Å². The summed E-state index contributed by atoms with van der Waals surface area (Å²) in [4.78, 5) is 25.1. The van der Waals surface area contributed by atoms with Crippen molar-refractivity contribution in [2.24, 2.45) is 0 Å². The molecule has 232 valence electrons. The van der Waals surface area contributed by atoms with Gasteiger partial charge in [0.05, 0.1) is 17.2 Å². The molecule has 9 nitrogen and oxygen atoms in total. The van der Waals surface area contributed by atoms with Gasteiger partial charge in [0.15, 0.2) is 6.10 Å². The topological polar surface area (TPSA) is 116 Å². The number of ether oxygens (including phenoxy) is 2. The standard InChI is InChI=1S/C33H36ClN3O6S/c1-7-25-21(5)37(11-8-12-42-24-13-19(3)31(34)20(4)14-24)28-10-9-23(16-26(25)28)33(39)36-44(40,41)30-17-29-27(15-18(30)2)35-32(38)22(6)43-29/h9-10,13-17,22H,7-8,11-12H2,1-6H3,(H,35,38)(H,36,39)/t22-/m1/s1. The van der Waals surface area contributed by atoms with Gasteiger partial charge in [-0.3, -0.25) is 9.59 Å². The van der Waals surface area contributed by atoms with Gasteiger partial charge in [-0.05, 0) is 106 Å². The number of halogens is 1. The lowest BCUT2D eigenvalue weighted by Crippen LogP contribution is -2.35. The Labute approximate surface area is 262 Å². The molecule has 2 amide bonds. The van der Waals surface area contributed by atoms with Gasteiger partial charge >= 0.3 is 0 Å². The van der Waals surface area contributed by atoms with E-state index in [9.17, 15) is 18.0 Å². The van der Waals surface area contributed by atoms with Crippen molar-refractivity contribution < 1.29 is 27.5 Å². The Morgan fingerprint density at radius 3 is 2.45 bits per heavy atom. The summed E-state index contributed by atoms with van der Waals surface area (Å²) in [5, 5.41) is 4.35. The molecule has 2 heterocycles. The SMILES string of the molecule is CCc1c(C)n(CCCOc2cc(C)c(Cl)c(C)c2)c2ccc(C(=O)NS(=O)(=O)c3cc4c(cc3C)NC(=O)[C@@H](C)O4)cc12. The van der Waals surface area contributed by atoms with Crippen LogP contribution in [-0.4, -0.2) is 37.5 Å². The van der Waals surface area contributed by atoms with E-state index in [0.29, 0.717) is 24.4 Å². The first-order valence-electron chi connectivity index (χ1n) is 14.5. The van der Waals surface area contributed by atoms with Gasteiger partial charge in [-0.25, -0.2) is 13.1 Å². The maximum absolute atomic E-state index is 13.3. The molecule has 11 heteroatoms. The molecule has 1 atom stereocenters. The number of hydrogen-bond donors (Lipinski definition) is 2. The van der Waals surface area contributed by atoms with Crippen molar-refractivity contribution in [2.45, 2.75) is 71.9 Å². The highest BCUT2D eigenvalue weighted by Crippen LogP contribution is 2.35. The minimum Gasteiger partial charge on any atom is -0.494 e. The summed E-state index contributed by atoms with van der Waals surface area (Å²) in [5.74, 6) is -0.0351. The number of amides is 2. The fourth-order valence-corrected chi connectivity index (χ4v) is 7.02. The number of fused-ring (bicyclic) bond motifs is 2. The Morgan fingerprint density at radius 2 is 1.77 bits per heavy atom. The summed E-state index contributed by atoms with van der Waals surface area (Å²) in [5.41, 5.74) is 6.10. The smallest absolute Gasteiger partial charge is 0.265 e. The van der Waals surface area contributed by atoms with Crippen LogP contribution in [0, 0.1) is 27.7 Å². The van der Waals surface area contributed by atoms with Gasteiger partial charge in [0.1, 0.15) is 11.5 Å². The number of hydrogen-bond acceptors (Lipinski definition) is 6. The van der Waals surface area contributed by atoms with Gasteiger partial charge in [-0.15, -0.1) is 0 Å². The molecule has 0 saturated heterocycles. The fraction of sp³-hybridized carbons (Fsp3) is 0.333. The highest BCUT2D eigenvalue weighted by molar-refractivity contribution is 7.90. The molecule has 2 N–H and O–H groups in total. The quantitative estimate of drug-likeness (QED) is 0.205. The fourth-order valence-electron chi connectivity index (χ4n) is 5.70. The van der Waals surface area contributed by atoms with Crippen LogP contribution in [0.2, 0.25) is 5.02 Å². The van der Waals surface area contributed by atoms with Crippen LogP contribution in [0.25, 0.3) is 10.9 Å². The van der Waals surface area contributed by atoms with Crippen LogP contribution in [-0.2, 0) is 27.8 Å². The predicted molar refractivity (Wildman–Crippen MR) is 172 cm³/mol. The number of aromatic nitrogens is 1. The van der Waals surface area contributed by atoms with Crippen LogP contribution in [0.3, 0.4) is 0 Å². The van der Waals surface area contributed by atoms with Crippen LogP contribution in [0.4, 0.5) is 5.69 Å². The van der Waals surface area contributed by atoms with E-state index >= 15 is 0 Å². The third-order valence-electron chi connectivity index (χ3n) is 8.00. The van der Waals surface area contributed by atoms with Crippen molar-refractivity contribution in [3.8, 4) is 11.5 Å². The number of sulfonamides is 1. The number of nitrogens with one attached hydrogen (secondary N) is 2. The number of benzene rings is 3. The number of nitrogens with zero attached hydrogens (tertiary/aromatic N) is 1. The first kappa shape index (κ1) is 31.4.